The van der Waals surface area contributed by atoms with Crippen LogP contribution in [0.5, 0.6) is 0 Å². The van der Waals surface area contributed by atoms with Gasteiger partial charge in [0.15, 0.2) is 0 Å². The van der Waals surface area contributed by atoms with Crippen molar-refractivity contribution in [3.8, 4) is 0 Å². The van der Waals surface area contributed by atoms with Gasteiger partial charge in [-0.15, -0.1) is 11.3 Å². The molecule has 0 saturated carbocycles. The van der Waals surface area contributed by atoms with Crippen molar-refractivity contribution < 1.29 is 9.47 Å². The molecule has 41 heavy (non-hydrogen) atoms. The Bertz CT molecular complexity index is 563. The predicted molar refractivity (Wildman–Crippen MR) is 185 cm³/mol. The van der Waals surface area contributed by atoms with Crippen LogP contribution in [0.15, 0.2) is 11.4 Å². The Hall–Kier alpha value is -0.380. The summed E-state index contributed by atoms with van der Waals surface area (Å²) in [5, 5.41) is 2.24. The molecule has 0 aromatic carbocycles. The molecule has 0 atom stereocenters. The highest BCUT2D eigenvalue weighted by Crippen LogP contribution is 2.19. The van der Waals surface area contributed by atoms with Crippen molar-refractivity contribution in [2.75, 3.05) is 26.4 Å². The van der Waals surface area contributed by atoms with E-state index in [1.54, 1.807) is 0 Å². The fraction of sp³-hybridized carbons (Fsp3) is 0.895. The van der Waals surface area contributed by atoms with Crippen molar-refractivity contribution in [3.05, 3.63) is 21.9 Å². The molecular weight excluding hydrogens is 520 g/mol. The number of hydrogen-bond donors (Lipinski definition) is 0. The first-order valence-electron chi connectivity index (χ1n) is 18.6. The highest BCUT2D eigenvalue weighted by molar-refractivity contribution is 7.10. The van der Waals surface area contributed by atoms with Gasteiger partial charge in [-0.3, -0.25) is 0 Å². The summed E-state index contributed by atoms with van der Waals surface area (Å²) in [6.45, 7) is 8.18. The fourth-order valence-corrected chi connectivity index (χ4v) is 6.72. The second-order valence-corrected chi connectivity index (χ2v) is 13.6. The van der Waals surface area contributed by atoms with Crippen LogP contribution in [0.2, 0.25) is 0 Å². The van der Waals surface area contributed by atoms with Crippen LogP contribution in [0.3, 0.4) is 0 Å². The largest absolute Gasteiger partial charge is 0.381 e. The minimum atomic E-state index is 0.863. The first-order chi connectivity index (χ1) is 20.4. The Kier molecular flexibility index (Phi) is 30.7. The van der Waals surface area contributed by atoms with Crippen LogP contribution in [0.1, 0.15) is 191 Å². The molecule has 0 aliphatic rings. The van der Waals surface area contributed by atoms with Crippen LogP contribution in [0.25, 0.3) is 0 Å². The van der Waals surface area contributed by atoms with E-state index >= 15 is 0 Å². The Morgan fingerprint density at radius 3 is 1.15 bits per heavy atom. The van der Waals surface area contributed by atoms with Gasteiger partial charge in [-0.25, -0.2) is 0 Å². The molecule has 3 heteroatoms. The van der Waals surface area contributed by atoms with Crippen molar-refractivity contribution in [1.82, 2.24) is 0 Å². The first-order valence-corrected chi connectivity index (χ1v) is 19.5. The molecular formula is C38H72O2S. The third-order valence-corrected chi connectivity index (χ3v) is 9.63. The molecule has 1 rings (SSSR count). The Morgan fingerprint density at radius 1 is 0.415 bits per heavy atom. The number of ether oxygens (including phenoxy) is 2. The summed E-state index contributed by atoms with van der Waals surface area (Å²) < 4.78 is 11.9. The van der Waals surface area contributed by atoms with Crippen LogP contribution < -0.4 is 0 Å². The van der Waals surface area contributed by atoms with Crippen molar-refractivity contribution in [1.29, 1.82) is 0 Å². The van der Waals surface area contributed by atoms with Gasteiger partial charge in [0.1, 0.15) is 0 Å². The predicted octanol–water partition coefficient (Wildman–Crippen LogP) is 13.0. The maximum Gasteiger partial charge on any atom is 0.0514 e. The smallest absolute Gasteiger partial charge is 0.0514 e. The SMILES string of the molecule is CCCCCCCCCCCCCCCOCCc1ccsc1CCOCCCCCCCCCCCCCCC. The van der Waals surface area contributed by atoms with E-state index in [0.717, 1.165) is 39.3 Å². The second kappa shape index (κ2) is 32.5. The molecule has 0 spiro atoms. The van der Waals surface area contributed by atoms with Gasteiger partial charge in [-0.05, 0) is 36.3 Å². The molecule has 1 heterocycles. The highest BCUT2D eigenvalue weighted by atomic mass is 32.1. The van der Waals surface area contributed by atoms with Crippen molar-refractivity contribution in [2.45, 2.75) is 194 Å². The minimum absolute atomic E-state index is 0.863. The molecule has 0 radical (unpaired) electrons. The maximum absolute atomic E-state index is 5.97. The van der Waals surface area contributed by atoms with E-state index in [1.807, 2.05) is 11.3 Å². The molecule has 0 bridgehead atoms. The van der Waals surface area contributed by atoms with Crippen molar-refractivity contribution in [3.63, 3.8) is 0 Å². The standard InChI is InChI=1S/C38H72O2S/c1-3-5-7-9-11-13-15-17-19-21-23-25-27-32-39-34-29-37-31-36-41-38(37)30-35-40-33-28-26-24-22-20-18-16-14-12-10-8-6-4-2/h31,36H,3-30,32-35H2,1-2H3. The molecule has 1 aromatic heterocycles. The van der Waals surface area contributed by atoms with Gasteiger partial charge in [0.05, 0.1) is 13.2 Å². The minimum Gasteiger partial charge on any atom is -0.381 e. The molecule has 0 aliphatic heterocycles. The maximum atomic E-state index is 5.97. The van der Waals surface area contributed by atoms with Crippen LogP contribution in [0, 0.1) is 0 Å². The molecule has 1 aromatic rings. The summed E-state index contributed by atoms with van der Waals surface area (Å²) in [5.74, 6) is 0. The average Bonchev–Trinajstić information content (AvgIpc) is 3.43. The quantitative estimate of drug-likeness (QED) is 0.0741. The van der Waals surface area contributed by atoms with E-state index in [9.17, 15) is 0 Å². The number of unbranched alkanes of at least 4 members (excludes halogenated alkanes) is 24. The zero-order valence-corrected chi connectivity index (χ0v) is 28.8. The monoisotopic (exact) mass is 593 g/mol. The van der Waals surface area contributed by atoms with Gasteiger partial charge in [-0.2, -0.15) is 0 Å². The molecule has 0 N–H and O–H groups in total. The summed E-state index contributed by atoms with van der Waals surface area (Å²) in [5.41, 5.74) is 1.48. The second-order valence-electron chi connectivity index (χ2n) is 12.6. The van der Waals surface area contributed by atoms with Crippen LogP contribution in [0.4, 0.5) is 0 Å². The first kappa shape index (κ1) is 38.6. The van der Waals surface area contributed by atoms with Crippen molar-refractivity contribution >= 4 is 11.3 Å². The van der Waals surface area contributed by atoms with Crippen LogP contribution in [-0.4, -0.2) is 26.4 Å². The summed E-state index contributed by atoms with van der Waals surface area (Å²) in [7, 11) is 0. The average molecular weight is 593 g/mol. The lowest BCUT2D eigenvalue weighted by atomic mass is 10.0. The molecule has 0 unspecified atom stereocenters. The number of thiophene rings is 1. The summed E-state index contributed by atoms with van der Waals surface area (Å²) in [6, 6.07) is 2.29. The van der Waals surface area contributed by atoms with E-state index in [-0.39, 0.29) is 0 Å². The third kappa shape index (κ3) is 26.9. The fourth-order valence-electron chi connectivity index (χ4n) is 5.80. The topological polar surface area (TPSA) is 18.5 Å². The van der Waals surface area contributed by atoms with Crippen LogP contribution >= 0.6 is 11.3 Å². The Morgan fingerprint density at radius 2 is 0.756 bits per heavy atom. The number of hydrogen-bond acceptors (Lipinski definition) is 3. The van der Waals surface area contributed by atoms with E-state index in [2.05, 4.69) is 25.3 Å². The molecule has 2 nitrogen and oxygen atoms in total. The third-order valence-electron chi connectivity index (χ3n) is 8.61. The van der Waals surface area contributed by atoms with E-state index in [1.165, 1.54) is 177 Å². The summed E-state index contributed by atoms with van der Waals surface area (Å²) >= 11 is 1.89. The highest BCUT2D eigenvalue weighted by Gasteiger charge is 2.05. The molecule has 0 saturated heterocycles. The lowest BCUT2D eigenvalue weighted by Gasteiger charge is -2.07. The zero-order valence-electron chi connectivity index (χ0n) is 28.0. The molecule has 0 fully saturated rings. The van der Waals surface area contributed by atoms with Gasteiger partial charge in [0.2, 0.25) is 0 Å². The molecule has 242 valence electrons. The van der Waals surface area contributed by atoms with E-state index in [4.69, 9.17) is 9.47 Å². The lowest BCUT2D eigenvalue weighted by Crippen LogP contribution is -2.04. The summed E-state index contributed by atoms with van der Waals surface area (Å²) in [6.07, 6.45) is 38.6. The van der Waals surface area contributed by atoms with Crippen LogP contribution in [-0.2, 0) is 22.3 Å². The van der Waals surface area contributed by atoms with E-state index in [0.29, 0.717) is 0 Å². The zero-order chi connectivity index (χ0) is 29.3. The van der Waals surface area contributed by atoms with E-state index < -0.39 is 0 Å². The van der Waals surface area contributed by atoms with Gasteiger partial charge >= 0.3 is 0 Å². The van der Waals surface area contributed by atoms with Gasteiger partial charge in [0, 0.05) is 24.5 Å². The molecule has 0 aliphatic carbocycles. The Balaban J connectivity index is 1.82. The normalized spacial score (nSPS) is 11.6. The Labute approximate surface area is 262 Å². The van der Waals surface area contributed by atoms with Gasteiger partial charge < -0.3 is 9.47 Å². The van der Waals surface area contributed by atoms with Crippen molar-refractivity contribution in [2.24, 2.45) is 0 Å². The van der Waals surface area contributed by atoms with Gasteiger partial charge in [-0.1, -0.05) is 168 Å². The lowest BCUT2D eigenvalue weighted by molar-refractivity contribution is 0.130. The molecule has 0 amide bonds. The number of rotatable bonds is 34. The summed E-state index contributed by atoms with van der Waals surface area (Å²) in [4.78, 5) is 1.50. The van der Waals surface area contributed by atoms with Gasteiger partial charge in [0.25, 0.3) is 0 Å².